The van der Waals surface area contributed by atoms with Crippen LogP contribution in [0.5, 0.6) is 5.75 Å². The van der Waals surface area contributed by atoms with Gasteiger partial charge in [-0.15, -0.1) is 0 Å². The van der Waals surface area contributed by atoms with Crippen LogP contribution >= 0.6 is 0 Å². The molecule has 0 aromatic heterocycles. The lowest BCUT2D eigenvalue weighted by molar-refractivity contribution is -0.0846. The van der Waals surface area contributed by atoms with Crippen molar-refractivity contribution in [1.82, 2.24) is 5.32 Å². The Labute approximate surface area is 128 Å². The van der Waals surface area contributed by atoms with Crippen LogP contribution in [0.4, 0.5) is 0 Å². The van der Waals surface area contributed by atoms with Gasteiger partial charge in [-0.2, -0.15) is 0 Å². The normalized spacial score (nSPS) is 29.4. The molecule has 0 amide bonds. The number of hydrogen-bond donors (Lipinski definition) is 1. The third-order valence-corrected chi connectivity index (χ3v) is 4.84. The van der Waals surface area contributed by atoms with Gasteiger partial charge in [0, 0.05) is 12.5 Å². The van der Waals surface area contributed by atoms with Crippen LogP contribution < -0.4 is 10.1 Å². The van der Waals surface area contributed by atoms with Gasteiger partial charge in [0.05, 0.1) is 5.60 Å². The molecule has 3 heteroatoms. The molecule has 0 radical (unpaired) electrons. The molecule has 0 spiro atoms. The van der Waals surface area contributed by atoms with Crippen molar-refractivity contribution in [3.8, 4) is 5.75 Å². The highest BCUT2D eigenvalue weighted by Crippen LogP contribution is 2.42. The zero-order valence-corrected chi connectivity index (χ0v) is 13.8. The van der Waals surface area contributed by atoms with Crippen LogP contribution in [0, 0.1) is 0 Å². The summed E-state index contributed by atoms with van der Waals surface area (Å²) in [4.78, 5) is 0. The van der Waals surface area contributed by atoms with Gasteiger partial charge in [0.1, 0.15) is 17.5 Å². The predicted molar refractivity (Wildman–Crippen MR) is 84.8 cm³/mol. The van der Waals surface area contributed by atoms with Crippen molar-refractivity contribution >= 4 is 0 Å². The number of nitrogens with one attached hydrogen (secondary N) is 1. The second-order valence-corrected chi connectivity index (χ2v) is 7.48. The molecule has 1 aliphatic heterocycles. The minimum Gasteiger partial charge on any atom is -0.487 e. The number of hydrogen-bond acceptors (Lipinski definition) is 3. The van der Waals surface area contributed by atoms with E-state index in [1.54, 1.807) is 0 Å². The molecule has 1 fully saturated rings. The zero-order chi connectivity index (χ0) is 15.3. The summed E-state index contributed by atoms with van der Waals surface area (Å²) in [7, 11) is 2.03. The fourth-order valence-corrected chi connectivity index (χ4v) is 3.88. The largest absolute Gasteiger partial charge is 0.487 e. The molecule has 0 saturated carbocycles. The molecular formula is C18H27NO2. The van der Waals surface area contributed by atoms with E-state index in [9.17, 15) is 0 Å². The Balaban J connectivity index is 1.85. The van der Waals surface area contributed by atoms with Crippen LogP contribution in [0.15, 0.2) is 18.2 Å². The van der Waals surface area contributed by atoms with Gasteiger partial charge in [0.25, 0.3) is 0 Å². The molecule has 1 heterocycles. The van der Waals surface area contributed by atoms with Gasteiger partial charge in [-0.25, -0.2) is 0 Å². The first kappa shape index (κ1) is 14.9. The molecule has 3 rings (SSSR count). The van der Waals surface area contributed by atoms with E-state index in [4.69, 9.17) is 9.47 Å². The van der Waals surface area contributed by atoms with E-state index in [1.807, 2.05) is 7.05 Å². The van der Waals surface area contributed by atoms with Crippen molar-refractivity contribution < 1.29 is 9.47 Å². The average Bonchev–Trinajstić information content (AvgIpc) is 2.88. The molecular weight excluding hydrogens is 262 g/mol. The van der Waals surface area contributed by atoms with Gasteiger partial charge in [-0.3, -0.25) is 0 Å². The Morgan fingerprint density at radius 1 is 1.24 bits per heavy atom. The van der Waals surface area contributed by atoms with E-state index in [0.717, 1.165) is 25.0 Å². The summed E-state index contributed by atoms with van der Waals surface area (Å²) in [5, 5.41) is 3.39. The van der Waals surface area contributed by atoms with Crippen LogP contribution in [0.1, 0.15) is 57.7 Å². The predicted octanol–water partition coefficient (Wildman–Crippen LogP) is 3.62. The summed E-state index contributed by atoms with van der Waals surface area (Å²) >= 11 is 0. The van der Waals surface area contributed by atoms with Crippen molar-refractivity contribution in [2.75, 3.05) is 7.05 Å². The summed E-state index contributed by atoms with van der Waals surface area (Å²) in [6.07, 6.45) is 3.28. The number of benzene rings is 1. The fourth-order valence-electron chi connectivity index (χ4n) is 3.88. The Morgan fingerprint density at radius 3 is 2.62 bits per heavy atom. The fraction of sp³-hybridized carbons (Fsp3) is 0.667. The van der Waals surface area contributed by atoms with Gasteiger partial charge in [0.15, 0.2) is 0 Å². The van der Waals surface area contributed by atoms with Crippen molar-refractivity contribution in [1.29, 1.82) is 0 Å². The van der Waals surface area contributed by atoms with Gasteiger partial charge >= 0.3 is 0 Å². The summed E-state index contributed by atoms with van der Waals surface area (Å²) in [6, 6.07) is 6.90. The lowest BCUT2D eigenvalue weighted by Crippen LogP contribution is -2.36. The first-order valence-electron chi connectivity index (χ1n) is 7.98. The SMILES string of the molecule is CNC1CCc2c(OC3CC(C)(C)OC3(C)C)cccc21. The number of ether oxygens (including phenoxy) is 2. The Bertz CT molecular complexity index is 536. The second-order valence-electron chi connectivity index (χ2n) is 7.48. The maximum Gasteiger partial charge on any atom is 0.130 e. The standard InChI is InChI=1S/C18H27NO2/c1-17(2)11-16(18(3,4)21-17)20-15-8-6-7-12-13(15)9-10-14(12)19-5/h6-8,14,16,19H,9-11H2,1-5H3. The van der Waals surface area contributed by atoms with Gasteiger partial charge in [-0.1, -0.05) is 12.1 Å². The minimum absolute atomic E-state index is 0.104. The molecule has 21 heavy (non-hydrogen) atoms. The van der Waals surface area contributed by atoms with Crippen molar-refractivity contribution in [3.05, 3.63) is 29.3 Å². The molecule has 3 nitrogen and oxygen atoms in total. The van der Waals surface area contributed by atoms with E-state index in [2.05, 4.69) is 51.2 Å². The monoisotopic (exact) mass is 289 g/mol. The molecule has 1 aliphatic carbocycles. The van der Waals surface area contributed by atoms with Crippen LogP contribution in [0.3, 0.4) is 0 Å². The van der Waals surface area contributed by atoms with Gasteiger partial charge in [-0.05, 0) is 64.8 Å². The van der Waals surface area contributed by atoms with E-state index in [0.29, 0.717) is 6.04 Å². The first-order chi connectivity index (χ1) is 9.82. The topological polar surface area (TPSA) is 30.5 Å². The molecule has 2 aliphatic rings. The highest BCUT2D eigenvalue weighted by Gasteiger charge is 2.47. The molecule has 0 bridgehead atoms. The lowest BCUT2D eigenvalue weighted by Gasteiger charge is -2.28. The lowest BCUT2D eigenvalue weighted by atomic mass is 9.97. The second kappa shape index (κ2) is 4.99. The molecule has 1 N–H and O–H groups in total. The summed E-state index contributed by atoms with van der Waals surface area (Å²) in [6.45, 7) is 8.55. The van der Waals surface area contributed by atoms with Crippen LogP contribution in [0.25, 0.3) is 0 Å². The van der Waals surface area contributed by atoms with Crippen LogP contribution in [-0.2, 0) is 11.2 Å². The molecule has 2 atom stereocenters. The maximum atomic E-state index is 6.41. The Morgan fingerprint density at radius 2 is 2.00 bits per heavy atom. The zero-order valence-electron chi connectivity index (χ0n) is 13.8. The molecule has 1 aromatic carbocycles. The van der Waals surface area contributed by atoms with E-state index in [-0.39, 0.29) is 17.3 Å². The minimum atomic E-state index is -0.243. The number of fused-ring (bicyclic) bond motifs is 1. The highest BCUT2D eigenvalue weighted by atomic mass is 16.6. The van der Waals surface area contributed by atoms with Crippen LogP contribution in [-0.4, -0.2) is 24.4 Å². The summed E-state index contributed by atoms with van der Waals surface area (Å²) in [5.74, 6) is 1.05. The smallest absolute Gasteiger partial charge is 0.130 e. The average molecular weight is 289 g/mol. The third kappa shape index (κ3) is 2.69. The molecule has 2 unspecified atom stereocenters. The van der Waals surface area contributed by atoms with E-state index < -0.39 is 0 Å². The third-order valence-electron chi connectivity index (χ3n) is 4.84. The summed E-state index contributed by atoms with van der Waals surface area (Å²) < 4.78 is 12.6. The number of rotatable bonds is 3. The van der Waals surface area contributed by atoms with Crippen LogP contribution in [0.2, 0.25) is 0 Å². The van der Waals surface area contributed by atoms with Crippen molar-refractivity contribution in [2.24, 2.45) is 0 Å². The van der Waals surface area contributed by atoms with E-state index in [1.165, 1.54) is 11.1 Å². The van der Waals surface area contributed by atoms with Crippen molar-refractivity contribution in [3.63, 3.8) is 0 Å². The maximum absolute atomic E-state index is 6.41. The van der Waals surface area contributed by atoms with Crippen molar-refractivity contribution in [2.45, 2.75) is 70.3 Å². The quantitative estimate of drug-likeness (QED) is 0.922. The first-order valence-corrected chi connectivity index (χ1v) is 7.98. The molecule has 1 saturated heterocycles. The van der Waals surface area contributed by atoms with Gasteiger partial charge in [0.2, 0.25) is 0 Å². The molecule has 1 aromatic rings. The highest BCUT2D eigenvalue weighted by molar-refractivity contribution is 5.45. The van der Waals surface area contributed by atoms with Gasteiger partial charge < -0.3 is 14.8 Å². The Kier molecular flexibility index (Phi) is 3.53. The van der Waals surface area contributed by atoms with E-state index >= 15 is 0 Å². The summed E-state index contributed by atoms with van der Waals surface area (Å²) in [5.41, 5.74) is 2.41. The molecule has 116 valence electrons. The Hall–Kier alpha value is -1.06.